The SMILES string of the molecule is Cc1cccc(C2=NC(=O)CN2C(c2ccccc2)(c2ccccc2)c2ccccc2)c1C. The largest absolute Gasteiger partial charge is 0.329 e. The highest BCUT2D eigenvalue weighted by Gasteiger charge is 2.47. The molecule has 5 rings (SSSR count). The molecule has 3 nitrogen and oxygen atoms in total. The van der Waals surface area contributed by atoms with Crippen LogP contribution < -0.4 is 0 Å². The maximum Gasteiger partial charge on any atom is 0.267 e. The van der Waals surface area contributed by atoms with Crippen LogP contribution in [-0.2, 0) is 10.3 Å². The van der Waals surface area contributed by atoms with Crippen LogP contribution in [0.4, 0.5) is 0 Å². The van der Waals surface area contributed by atoms with Crippen LogP contribution in [0.25, 0.3) is 0 Å². The molecule has 0 saturated heterocycles. The van der Waals surface area contributed by atoms with Crippen LogP contribution in [0.5, 0.6) is 0 Å². The number of hydrogen-bond acceptors (Lipinski definition) is 2. The lowest BCUT2D eigenvalue weighted by molar-refractivity contribution is -0.117. The topological polar surface area (TPSA) is 32.7 Å². The molecule has 4 aromatic carbocycles. The molecular weight excluding hydrogens is 404 g/mol. The Morgan fingerprint density at radius 1 is 0.667 bits per heavy atom. The number of benzene rings is 4. The molecule has 1 aliphatic heterocycles. The number of carbonyl (C=O) groups excluding carboxylic acids is 1. The third-order valence-electron chi connectivity index (χ3n) is 6.60. The van der Waals surface area contributed by atoms with Gasteiger partial charge >= 0.3 is 0 Å². The smallest absolute Gasteiger partial charge is 0.267 e. The normalized spacial score (nSPS) is 13.8. The highest BCUT2D eigenvalue weighted by Crippen LogP contribution is 2.44. The van der Waals surface area contributed by atoms with E-state index in [0.717, 1.165) is 33.7 Å². The van der Waals surface area contributed by atoms with Crippen molar-refractivity contribution in [2.75, 3.05) is 6.54 Å². The fourth-order valence-corrected chi connectivity index (χ4v) is 4.91. The Balaban J connectivity index is 1.86. The summed E-state index contributed by atoms with van der Waals surface area (Å²) >= 11 is 0. The van der Waals surface area contributed by atoms with Crippen molar-refractivity contribution in [2.45, 2.75) is 19.4 Å². The molecule has 0 aliphatic carbocycles. The van der Waals surface area contributed by atoms with Gasteiger partial charge in [0.2, 0.25) is 0 Å². The van der Waals surface area contributed by atoms with Crippen LogP contribution >= 0.6 is 0 Å². The van der Waals surface area contributed by atoms with Crippen molar-refractivity contribution < 1.29 is 4.79 Å². The Labute approximate surface area is 195 Å². The molecule has 33 heavy (non-hydrogen) atoms. The third kappa shape index (κ3) is 3.46. The second kappa shape index (κ2) is 8.51. The Kier molecular flexibility index (Phi) is 5.39. The van der Waals surface area contributed by atoms with Crippen molar-refractivity contribution in [3.8, 4) is 0 Å². The summed E-state index contributed by atoms with van der Waals surface area (Å²) in [6, 6.07) is 37.5. The van der Waals surface area contributed by atoms with E-state index in [-0.39, 0.29) is 12.5 Å². The zero-order valence-electron chi connectivity index (χ0n) is 18.9. The van der Waals surface area contributed by atoms with Crippen molar-refractivity contribution in [3.63, 3.8) is 0 Å². The first-order valence-electron chi connectivity index (χ1n) is 11.2. The molecule has 0 spiro atoms. The quantitative estimate of drug-likeness (QED) is 0.370. The first kappa shape index (κ1) is 20.9. The molecule has 162 valence electrons. The second-order valence-corrected chi connectivity index (χ2v) is 8.47. The predicted molar refractivity (Wildman–Crippen MR) is 133 cm³/mol. The summed E-state index contributed by atoms with van der Waals surface area (Å²) in [5.74, 6) is 0.593. The Morgan fingerprint density at radius 2 is 1.15 bits per heavy atom. The Morgan fingerprint density at radius 3 is 1.64 bits per heavy atom. The van der Waals surface area contributed by atoms with Crippen molar-refractivity contribution >= 4 is 11.7 Å². The Hall–Kier alpha value is -3.98. The van der Waals surface area contributed by atoms with Gasteiger partial charge in [0.25, 0.3) is 5.91 Å². The van der Waals surface area contributed by atoms with E-state index in [4.69, 9.17) is 0 Å². The number of carbonyl (C=O) groups is 1. The molecule has 0 radical (unpaired) electrons. The van der Waals surface area contributed by atoms with Gasteiger partial charge in [-0.1, -0.05) is 109 Å². The molecule has 0 N–H and O–H groups in total. The van der Waals surface area contributed by atoms with E-state index in [1.54, 1.807) is 0 Å². The average Bonchev–Trinajstić information content (AvgIpc) is 3.25. The highest BCUT2D eigenvalue weighted by atomic mass is 16.2. The predicted octanol–water partition coefficient (Wildman–Crippen LogP) is 5.88. The van der Waals surface area contributed by atoms with Gasteiger partial charge in [0, 0.05) is 5.56 Å². The molecular formula is C30H26N2O. The fourth-order valence-electron chi connectivity index (χ4n) is 4.91. The molecule has 0 saturated carbocycles. The molecule has 3 heteroatoms. The number of aliphatic imine (C=N–C) groups is 1. The van der Waals surface area contributed by atoms with Crippen molar-refractivity contribution in [1.29, 1.82) is 0 Å². The lowest BCUT2D eigenvalue weighted by Crippen LogP contribution is -2.50. The molecule has 1 heterocycles. The fraction of sp³-hybridized carbons (Fsp3) is 0.133. The lowest BCUT2D eigenvalue weighted by atomic mass is 9.75. The van der Waals surface area contributed by atoms with Crippen LogP contribution in [0.2, 0.25) is 0 Å². The number of amidine groups is 1. The molecule has 1 amide bonds. The number of nitrogens with zero attached hydrogens (tertiary/aromatic N) is 2. The highest BCUT2D eigenvalue weighted by molar-refractivity contribution is 6.12. The van der Waals surface area contributed by atoms with E-state index in [1.807, 2.05) is 24.3 Å². The van der Waals surface area contributed by atoms with Gasteiger partial charge in [-0.2, -0.15) is 4.99 Å². The first-order chi connectivity index (χ1) is 16.1. The standard InChI is InChI=1S/C30H26N2O/c1-22-13-12-20-27(23(22)2)29-31-28(33)21-32(29)30(24-14-6-3-7-15-24,25-16-8-4-9-17-25)26-18-10-5-11-19-26/h3-20H,21H2,1-2H3. The van der Waals surface area contributed by atoms with Gasteiger partial charge in [0.1, 0.15) is 17.9 Å². The Bertz CT molecular complexity index is 1210. The van der Waals surface area contributed by atoms with E-state index in [9.17, 15) is 4.79 Å². The van der Waals surface area contributed by atoms with Gasteiger partial charge in [-0.05, 0) is 41.7 Å². The molecule has 0 fully saturated rings. The summed E-state index contributed by atoms with van der Waals surface area (Å²) in [5.41, 5.74) is 5.87. The molecule has 0 unspecified atom stereocenters. The van der Waals surface area contributed by atoms with Crippen LogP contribution in [0, 0.1) is 13.8 Å². The van der Waals surface area contributed by atoms with E-state index >= 15 is 0 Å². The van der Waals surface area contributed by atoms with E-state index in [0.29, 0.717) is 0 Å². The first-order valence-corrected chi connectivity index (χ1v) is 11.2. The van der Waals surface area contributed by atoms with Crippen molar-refractivity contribution in [1.82, 2.24) is 4.90 Å². The van der Waals surface area contributed by atoms with Gasteiger partial charge in [-0.25, -0.2) is 0 Å². The molecule has 1 aliphatic rings. The minimum absolute atomic E-state index is 0.127. The van der Waals surface area contributed by atoms with Crippen LogP contribution in [0.1, 0.15) is 33.4 Å². The summed E-state index contributed by atoms with van der Waals surface area (Å²) in [6.45, 7) is 4.41. The molecule has 0 aromatic heterocycles. The molecule has 0 atom stereocenters. The molecule has 0 bridgehead atoms. The van der Waals surface area contributed by atoms with Crippen LogP contribution in [0.15, 0.2) is 114 Å². The van der Waals surface area contributed by atoms with Crippen LogP contribution in [-0.4, -0.2) is 23.2 Å². The second-order valence-electron chi connectivity index (χ2n) is 8.47. The van der Waals surface area contributed by atoms with E-state index in [1.165, 1.54) is 5.56 Å². The van der Waals surface area contributed by atoms with Crippen molar-refractivity contribution in [2.24, 2.45) is 4.99 Å². The maximum absolute atomic E-state index is 12.9. The zero-order chi connectivity index (χ0) is 22.8. The van der Waals surface area contributed by atoms with E-state index in [2.05, 4.69) is 109 Å². The van der Waals surface area contributed by atoms with Gasteiger partial charge in [0.05, 0.1) is 0 Å². The summed E-state index contributed by atoms with van der Waals surface area (Å²) in [7, 11) is 0. The monoisotopic (exact) mass is 430 g/mol. The minimum Gasteiger partial charge on any atom is -0.329 e. The average molecular weight is 431 g/mol. The van der Waals surface area contributed by atoms with Gasteiger partial charge in [-0.15, -0.1) is 0 Å². The number of aryl methyl sites for hydroxylation is 1. The maximum atomic E-state index is 12.9. The third-order valence-corrected chi connectivity index (χ3v) is 6.60. The molecule has 4 aromatic rings. The van der Waals surface area contributed by atoms with Gasteiger partial charge in [0.15, 0.2) is 0 Å². The summed E-state index contributed by atoms with van der Waals surface area (Å²) < 4.78 is 0. The summed E-state index contributed by atoms with van der Waals surface area (Å²) in [6.07, 6.45) is 0. The van der Waals surface area contributed by atoms with Gasteiger partial charge in [-0.3, -0.25) is 4.79 Å². The lowest BCUT2D eigenvalue weighted by Gasteiger charge is -2.45. The van der Waals surface area contributed by atoms with E-state index < -0.39 is 5.54 Å². The number of hydrogen-bond donors (Lipinski definition) is 0. The summed E-state index contributed by atoms with van der Waals surface area (Å²) in [5, 5.41) is 0. The number of amides is 1. The minimum atomic E-state index is -0.717. The van der Waals surface area contributed by atoms with Gasteiger partial charge < -0.3 is 4.90 Å². The van der Waals surface area contributed by atoms with Crippen LogP contribution in [0.3, 0.4) is 0 Å². The number of rotatable bonds is 5. The van der Waals surface area contributed by atoms with Crippen molar-refractivity contribution in [3.05, 3.63) is 143 Å². The zero-order valence-corrected chi connectivity index (χ0v) is 18.9. The summed E-state index contributed by atoms with van der Waals surface area (Å²) in [4.78, 5) is 19.7.